The van der Waals surface area contributed by atoms with Crippen LogP contribution in [0.1, 0.15) is 52.7 Å². The van der Waals surface area contributed by atoms with Crippen molar-refractivity contribution in [2.45, 2.75) is 59.8 Å². The van der Waals surface area contributed by atoms with Crippen molar-refractivity contribution >= 4 is 11.8 Å². The van der Waals surface area contributed by atoms with Gasteiger partial charge in [-0.15, -0.1) is 11.8 Å². The molecule has 0 nitrogen and oxygen atoms in total. The Morgan fingerprint density at radius 3 is 2.00 bits per heavy atom. The van der Waals surface area contributed by atoms with E-state index in [9.17, 15) is 0 Å². The molecule has 0 bridgehead atoms. The third-order valence-electron chi connectivity index (χ3n) is 1.91. The standard InChI is InChI=1S/C9H10S.3C2H6/c1-7-3-2-4-8-5-6-10-9(7)8;3*1-2/h2-4H,5-6H2,1H3;3*1-2H3. The molecule has 0 N–H and O–H groups in total. The molecular weight excluding hydrogens is 212 g/mol. The van der Waals surface area contributed by atoms with Gasteiger partial charge in [0.15, 0.2) is 0 Å². The zero-order valence-electron chi connectivity index (χ0n) is 12.1. The Bertz CT molecular complexity index is 254. The van der Waals surface area contributed by atoms with Gasteiger partial charge in [-0.1, -0.05) is 59.7 Å². The minimum Gasteiger partial charge on any atom is -0.125 e. The van der Waals surface area contributed by atoms with Crippen molar-refractivity contribution in [3.8, 4) is 0 Å². The Morgan fingerprint density at radius 2 is 1.50 bits per heavy atom. The summed E-state index contributed by atoms with van der Waals surface area (Å²) in [6, 6.07) is 6.58. The molecule has 0 unspecified atom stereocenters. The molecule has 0 aromatic heterocycles. The van der Waals surface area contributed by atoms with Crippen molar-refractivity contribution in [3.63, 3.8) is 0 Å². The van der Waals surface area contributed by atoms with Crippen LogP contribution in [0, 0.1) is 6.92 Å². The second-order valence-corrected chi connectivity index (χ2v) is 3.77. The first-order chi connectivity index (χ1) is 7.88. The van der Waals surface area contributed by atoms with Crippen molar-refractivity contribution in [1.82, 2.24) is 0 Å². The van der Waals surface area contributed by atoms with Gasteiger partial charge < -0.3 is 0 Å². The summed E-state index contributed by atoms with van der Waals surface area (Å²) in [6.07, 6.45) is 1.27. The summed E-state index contributed by atoms with van der Waals surface area (Å²) in [5.41, 5.74) is 2.99. The topological polar surface area (TPSA) is 0 Å². The first-order valence-electron chi connectivity index (χ1n) is 6.59. The first kappa shape index (κ1) is 17.9. The monoisotopic (exact) mass is 240 g/mol. The van der Waals surface area contributed by atoms with Gasteiger partial charge in [0.1, 0.15) is 0 Å². The Labute approximate surface area is 107 Å². The summed E-state index contributed by atoms with van der Waals surface area (Å²) in [6.45, 7) is 14.2. The van der Waals surface area contributed by atoms with Gasteiger partial charge >= 0.3 is 0 Å². The van der Waals surface area contributed by atoms with E-state index in [1.54, 1.807) is 5.56 Å². The van der Waals surface area contributed by atoms with Gasteiger partial charge in [0, 0.05) is 10.6 Å². The molecule has 0 saturated heterocycles. The van der Waals surface area contributed by atoms with Crippen LogP contribution in [0.5, 0.6) is 0 Å². The predicted molar refractivity (Wildman–Crippen MR) is 79.7 cm³/mol. The fourth-order valence-electron chi connectivity index (χ4n) is 1.38. The summed E-state index contributed by atoms with van der Waals surface area (Å²) >= 11 is 1.99. The van der Waals surface area contributed by atoms with Crippen LogP contribution in [0.4, 0.5) is 0 Å². The van der Waals surface area contributed by atoms with Crippen molar-refractivity contribution in [2.24, 2.45) is 0 Å². The number of fused-ring (bicyclic) bond motifs is 1. The molecule has 0 fully saturated rings. The van der Waals surface area contributed by atoms with Crippen molar-refractivity contribution < 1.29 is 0 Å². The molecule has 0 saturated carbocycles. The predicted octanol–water partition coefficient (Wildman–Crippen LogP) is 5.72. The van der Waals surface area contributed by atoms with Gasteiger partial charge in [-0.2, -0.15) is 0 Å². The van der Waals surface area contributed by atoms with Crippen LogP contribution in [0.2, 0.25) is 0 Å². The highest BCUT2D eigenvalue weighted by Gasteiger charge is 2.11. The molecule has 0 amide bonds. The van der Waals surface area contributed by atoms with Gasteiger partial charge in [0.2, 0.25) is 0 Å². The molecule has 0 aliphatic carbocycles. The van der Waals surface area contributed by atoms with Crippen molar-refractivity contribution in [3.05, 3.63) is 29.3 Å². The van der Waals surface area contributed by atoms with E-state index in [2.05, 4.69) is 25.1 Å². The highest BCUT2D eigenvalue weighted by atomic mass is 32.2. The summed E-state index contributed by atoms with van der Waals surface area (Å²) in [5, 5.41) is 0. The van der Waals surface area contributed by atoms with Crippen molar-refractivity contribution in [1.29, 1.82) is 0 Å². The van der Waals surface area contributed by atoms with E-state index >= 15 is 0 Å². The minimum absolute atomic E-state index is 1.27. The molecule has 94 valence electrons. The highest BCUT2D eigenvalue weighted by Crippen LogP contribution is 2.33. The minimum atomic E-state index is 1.27. The Balaban J connectivity index is 0. The maximum absolute atomic E-state index is 2.24. The zero-order chi connectivity index (χ0) is 13.0. The second kappa shape index (κ2) is 12.6. The van der Waals surface area contributed by atoms with Crippen LogP contribution < -0.4 is 0 Å². The number of benzene rings is 1. The van der Waals surface area contributed by atoms with E-state index in [4.69, 9.17) is 0 Å². The number of hydrogen-bond donors (Lipinski definition) is 0. The van der Waals surface area contributed by atoms with Gasteiger partial charge in [0.25, 0.3) is 0 Å². The Kier molecular flexibility index (Phi) is 14.2. The third-order valence-corrected chi connectivity index (χ3v) is 3.19. The average Bonchev–Trinajstić information content (AvgIpc) is 2.87. The smallest absolute Gasteiger partial charge is 0.0134 e. The van der Waals surface area contributed by atoms with E-state index < -0.39 is 0 Å². The Hall–Kier alpha value is -0.430. The molecular formula is C15H28S. The summed E-state index contributed by atoms with van der Waals surface area (Å²) in [5.74, 6) is 1.28. The maximum atomic E-state index is 2.24. The van der Waals surface area contributed by atoms with Gasteiger partial charge in [-0.3, -0.25) is 0 Å². The summed E-state index contributed by atoms with van der Waals surface area (Å²) in [7, 11) is 0. The average molecular weight is 240 g/mol. The lowest BCUT2D eigenvalue weighted by Gasteiger charge is -1.99. The van der Waals surface area contributed by atoms with Gasteiger partial charge in [0.05, 0.1) is 0 Å². The summed E-state index contributed by atoms with van der Waals surface area (Å²) in [4.78, 5) is 1.53. The molecule has 0 atom stereocenters. The molecule has 1 aromatic carbocycles. The fraction of sp³-hybridized carbons (Fsp3) is 0.600. The number of thioether (sulfide) groups is 1. The van der Waals surface area contributed by atoms with E-state index in [0.29, 0.717) is 0 Å². The van der Waals surface area contributed by atoms with Crippen LogP contribution in [0.25, 0.3) is 0 Å². The van der Waals surface area contributed by atoms with Gasteiger partial charge in [-0.25, -0.2) is 0 Å². The van der Waals surface area contributed by atoms with Crippen LogP contribution in [-0.4, -0.2) is 5.75 Å². The van der Waals surface area contributed by atoms with E-state index in [0.717, 1.165) is 0 Å². The molecule has 0 spiro atoms. The normalized spacial score (nSPS) is 10.7. The van der Waals surface area contributed by atoms with Gasteiger partial charge in [-0.05, 0) is 24.5 Å². The highest BCUT2D eigenvalue weighted by molar-refractivity contribution is 7.99. The number of rotatable bonds is 0. The molecule has 1 aliphatic heterocycles. The third kappa shape index (κ3) is 5.60. The van der Waals surface area contributed by atoms with E-state index in [1.807, 2.05) is 53.3 Å². The molecule has 16 heavy (non-hydrogen) atoms. The fourth-order valence-corrected chi connectivity index (χ4v) is 2.56. The largest absolute Gasteiger partial charge is 0.125 e. The first-order valence-corrected chi connectivity index (χ1v) is 7.58. The van der Waals surface area contributed by atoms with Crippen molar-refractivity contribution in [2.75, 3.05) is 5.75 Å². The molecule has 1 heterocycles. The summed E-state index contributed by atoms with van der Waals surface area (Å²) < 4.78 is 0. The zero-order valence-corrected chi connectivity index (χ0v) is 12.9. The van der Waals surface area contributed by atoms with Crippen LogP contribution in [-0.2, 0) is 6.42 Å². The Morgan fingerprint density at radius 1 is 0.938 bits per heavy atom. The molecule has 1 aromatic rings. The van der Waals surface area contributed by atoms with Crippen LogP contribution in [0.15, 0.2) is 23.1 Å². The second-order valence-electron chi connectivity index (χ2n) is 2.66. The number of hydrogen-bond acceptors (Lipinski definition) is 1. The quantitative estimate of drug-likeness (QED) is 0.558. The lowest BCUT2D eigenvalue weighted by molar-refractivity contribution is 1.12. The molecule has 1 heteroatoms. The SMILES string of the molecule is CC.CC.CC.Cc1cccc2c1SCC2. The number of aryl methyl sites for hydroxylation is 2. The lowest BCUT2D eigenvalue weighted by Crippen LogP contribution is -1.81. The van der Waals surface area contributed by atoms with E-state index in [1.165, 1.54) is 22.6 Å². The molecule has 1 aliphatic rings. The molecule has 0 radical (unpaired) electrons. The molecule has 2 rings (SSSR count). The lowest BCUT2D eigenvalue weighted by atomic mass is 10.1. The van der Waals surface area contributed by atoms with Crippen LogP contribution in [0.3, 0.4) is 0 Å². The van der Waals surface area contributed by atoms with E-state index in [-0.39, 0.29) is 0 Å². The van der Waals surface area contributed by atoms with Crippen LogP contribution >= 0.6 is 11.8 Å². The maximum Gasteiger partial charge on any atom is 0.0134 e.